The maximum Gasteiger partial charge on any atom is 0.220 e. The van der Waals surface area contributed by atoms with Crippen molar-refractivity contribution >= 4 is 5.91 Å². The average Bonchev–Trinajstić information content (AvgIpc) is 2.77. The predicted octanol–water partition coefficient (Wildman–Crippen LogP) is 5.95. The van der Waals surface area contributed by atoms with Crippen molar-refractivity contribution in [3.63, 3.8) is 0 Å². The van der Waals surface area contributed by atoms with E-state index in [2.05, 4.69) is 22.3 Å². The number of carbonyl (C=O) groups excluding carboxylic acids is 1. The Morgan fingerprint density at radius 3 is 2.13 bits per heavy atom. The molecule has 3 N–H and O–H groups in total. The molecule has 31 heavy (non-hydrogen) atoms. The Kier molecular flexibility index (Phi) is 21.9. The van der Waals surface area contributed by atoms with Gasteiger partial charge in [-0.3, -0.25) is 4.79 Å². The van der Waals surface area contributed by atoms with Gasteiger partial charge in [0.2, 0.25) is 5.91 Å². The Hall–Kier alpha value is -1.56. The first-order chi connectivity index (χ1) is 15.2. The van der Waals surface area contributed by atoms with E-state index < -0.39 is 12.1 Å². The van der Waals surface area contributed by atoms with Crippen LogP contribution in [-0.2, 0) is 4.79 Å². The minimum absolute atomic E-state index is 0.180. The molecule has 7 heteroatoms. The predicted molar refractivity (Wildman–Crippen MR) is 128 cm³/mol. The fraction of sp³-hybridized carbons (Fsp3) is 0.875. The minimum Gasteiger partial charge on any atom is -0.394 e. The summed E-state index contributed by atoms with van der Waals surface area (Å²) in [5, 5.41) is 25.8. The minimum atomic E-state index is -0.883. The van der Waals surface area contributed by atoms with E-state index in [9.17, 15) is 15.0 Å². The number of amides is 1. The summed E-state index contributed by atoms with van der Waals surface area (Å²) in [6, 6.07) is -0.677. The zero-order valence-corrected chi connectivity index (χ0v) is 19.7. The lowest BCUT2D eigenvalue weighted by molar-refractivity contribution is -0.123. The molecule has 0 bridgehead atoms. The highest BCUT2D eigenvalue weighted by atomic mass is 16.3. The largest absolute Gasteiger partial charge is 0.394 e. The van der Waals surface area contributed by atoms with Crippen LogP contribution >= 0.6 is 0 Å². The standard InChI is InChI=1S/C24H46N4O3/c1-2-3-4-5-6-7-8-9-10-11-12-13-15-18-23(30)22(21-29)27-24(31)19-16-14-17-20-26-28-25/h15,18,22-23,29-30H,2-14,16-17,19-21H2,1H3,(H,27,31)/b18-15+/t22-,23+/m0/s1. The molecule has 0 aliphatic heterocycles. The van der Waals surface area contributed by atoms with Crippen molar-refractivity contribution < 1.29 is 15.0 Å². The molecule has 0 heterocycles. The van der Waals surface area contributed by atoms with Crippen LogP contribution in [0, 0.1) is 0 Å². The van der Waals surface area contributed by atoms with Crippen LogP contribution in [0.4, 0.5) is 0 Å². The highest BCUT2D eigenvalue weighted by Gasteiger charge is 2.17. The number of unbranched alkanes of at least 4 members (excludes halogenated alkanes) is 13. The van der Waals surface area contributed by atoms with Gasteiger partial charge in [-0.25, -0.2) is 0 Å². The molecule has 2 atom stereocenters. The Labute approximate surface area is 189 Å². The summed E-state index contributed by atoms with van der Waals surface area (Å²) in [6.07, 6.45) is 20.6. The van der Waals surface area contributed by atoms with E-state index >= 15 is 0 Å². The van der Waals surface area contributed by atoms with Gasteiger partial charge in [-0.2, -0.15) is 0 Å². The normalized spacial score (nSPS) is 13.1. The third kappa shape index (κ3) is 20.1. The lowest BCUT2D eigenvalue weighted by atomic mass is 10.0. The molecule has 0 aromatic rings. The van der Waals surface area contributed by atoms with Gasteiger partial charge in [-0.1, -0.05) is 94.8 Å². The number of carbonyl (C=O) groups is 1. The van der Waals surface area contributed by atoms with Crippen molar-refractivity contribution in [2.24, 2.45) is 5.11 Å². The number of hydrogen-bond donors (Lipinski definition) is 3. The zero-order valence-electron chi connectivity index (χ0n) is 19.7. The van der Waals surface area contributed by atoms with E-state index in [1.165, 1.54) is 64.2 Å². The molecule has 1 amide bonds. The molecular formula is C24H46N4O3. The molecule has 7 nitrogen and oxygen atoms in total. The number of rotatable bonds is 22. The Bertz CT molecular complexity index is 493. The molecule has 0 unspecified atom stereocenters. The number of azide groups is 1. The van der Waals surface area contributed by atoms with Crippen molar-refractivity contribution in [1.29, 1.82) is 0 Å². The number of aliphatic hydroxyl groups is 2. The van der Waals surface area contributed by atoms with E-state index in [-0.39, 0.29) is 12.5 Å². The van der Waals surface area contributed by atoms with E-state index in [0.717, 1.165) is 25.7 Å². The first-order valence-corrected chi connectivity index (χ1v) is 12.4. The molecule has 0 aromatic carbocycles. The van der Waals surface area contributed by atoms with Crippen molar-refractivity contribution in [1.82, 2.24) is 5.32 Å². The Morgan fingerprint density at radius 2 is 1.55 bits per heavy atom. The number of allylic oxidation sites excluding steroid dienone is 1. The molecule has 0 aromatic heterocycles. The van der Waals surface area contributed by atoms with Crippen LogP contribution in [-0.4, -0.2) is 41.4 Å². The highest BCUT2D eigenvalue weighted by Crippen LogP contribution is 2.12. The summed E-state index contributed by atoms with van der Waals surface area (Å²) in [4.78, 5) is 14.6. The second kappa shape index (κ2) is 23.1. The zero-order chi connectivity index (χ0) is 23.0. The molecule has 0 saturated heterocycles. The van der Waals surface area contributed by atoms with Crippen LogP contribution in [0.5, 0.6) is 0 Å². The summed E-state index contributed by atoms with van der Waals surface area (Å²) >= 11 is 0. The molecule has 0 fully saturated rings. The van der Waals surface area contributed by atoms with Gasteiger partial charge < -0.3 is 15.5 Å². The smallest absolute Gasteiger partial charge is 0.220 e. The van der Waals surface area contributed by atoms with Crippen molar-refractivity contribution in [2.75, 3.05) is 13.2 Å². The Balaban J connectivity index is 3.73. The quantitative estimate of drug-likeness (QED) is 0.0636. The average molecular weight is 439 g/mol. The van der Waals surface area contributed by atoms with Crippen LogP contribution in [0.3, 0.4) is 0 Å². The van der Waals surface area contributed by atoms with Crippen molar-refractivity contribution in [3.05, 3.63) is 22.6 Å². The summed E-state index contributed by atoms with van der Waals surface area (Å²) in [6.45, 7) is 2.40. The SMILES string of the molecule is CCCCCCCCCCCCC/C=C/[C@@H](O)[C@H](CO)NC(=O)CCCCCN=[N+]=[N-]. The van der Waals surface area contributed by atoms with Crippen molar-refractivity contribution in [3.8, 4) is 0 Å². The van der Waals surface area contributed by atoms with Crippen LogP contribution in [0.25, 0.3) is 10.4 Å². The molecule has 0 aliphatic carbocycles. The molecule has 0 aliphatic rings. The number of nitrogens with zero attached hydrogens (tertiary/aromatic N) is 3. The molecule has 180 valence electrons. The highest BCUT2D eigenvalue weighted by molar-refractivity contribution is 5.76. The van der Waals surface area contributed by atoms with Gasteiger partial charge in [0.15, 0.2) is 0 Å². The molecular weight excluding hydrogens is 392 g/mol. The van der Waals surface area contributed by atoms with Crippen LogP contribution < -0.4 is 5.32 Å². The van der Waals surface area contributed by atoms with E-state index in [1.54, 1.807) is 6.08 Å². The van der Waals surface area contributed by atoms with Gasteiger partial charge in [0.05, 0.1) is 18.8 Å². The molecule has 0 rings (SSSR count). The molecule has 0 radical (unpaired) electrons. The molecule has 0 saturated carbocycles. The maximum absolute atomic E-state index is 12.0. The fourth-order valence-corrected chi connectivity index (χ4v) is 3.50. The maximum atomic E-state index is 12.0. The second-order valence-electron chi connectivity index (χ2n) is 8.36. The van der Waals surface area contributed by atoms with Crippen LogP contribution in [0.2, 0.25) is 0 Å². The van der Waals surface area contributed by atoms with Crippen molar-refractivity contribution in [2.45, 2.75) is 122 Å². The fourth-order valence-electron chi connectivity index (χ4n) is 3.50. The third-order valence-electron chi connectivity index (χ3n) is 5.49. The third-order valence-corrected chi connectivity index (χ3v) is 5.49. The van der Waals surface area contributed by atoms with E-state index in [0.29, 0.717) is 19.4 Å². The number of aliphatic hydroxyl groups excluding tert-OH is 2. The Morgan fingerprint density at radius 1 is 0.968 bits per heavy atom. The van der Waals surface area contributed by atoms with Crippen LogP contribution in [0.1, 0.15) is 110 Å². The summed E-state index contributed by atoms with van der Waals surface area (Å²) in [7, 11) is 0. The number of nitrogens with one attached hydrogen (secondary N) is 1. The van der Waals surface area contributed by atoms with Crippen LogP contribution in [0.15, 0.2) is 17.3 Å². The van der Waals surface area contributed by atoms with Gasteiger partial charge in [-0.05, 0) is 31.2 Å². The van der Waals surface area contributed by atoms with Gasteiger partial charge >= 0.3 is 0 Å². The topological polar surface area (TPSA) is 118 Å². The van der Waals surface area contributed by atoms with Gasteiger partial charge in [0.25, 0.3) is 0 Å². The summed E-state index contributed by atoms with van der Waals surface area (Å²) < 4.78 is 0. The first-order valence-electron chi connectivity index (χ1n) is 12.4. The van der Waals surface area contributed by atoms with Gasteiger partial charge in [0, 0.05) is 17.9 Å². The van der Waals surface area contributed by atoms with E-state index in [1.807, 2.05) is 6.08 Å². The summed E-state index contributed by atoms with van der Waals surface area (Å²) in [5.74, 6) is -0.180. The number of hydrogen-bond acceptors (Lipinski definition) is 4. The monoisotopic (exact) mass is 438 g/mol. The first kappa shape index (κ1) is 29.4. The lowest BCUT2D eigenvalue weighted by Crippen LogP contribution is -2.45. The summed E-state index contributed by atoms with van der Waals surface area (Å²) in [5.41, 5.74) is 8.20. The second-order valence-corrected chi connectivity index (χ2v) is 8.36. The van der Waals surface area contributed by atoms with E-state index in [4.69, 9.17) is 5.53 Å². The lowest BCUT2D eigenvalue weighted by Gasteiger charge is -2.19. The van der Waals surface area contributed by atoms with Gasteiger partial charge in [0.1, 0.15) is 0 Å². The van der Waals surface area contributed by atoms with Gasteiger partial charge in [-0.15, -0.1) is 0 Å². The molecule has 0 spiro atoms.